The van der Waals surface area contributed by atoms with Gasteiger partial charge in [0.2, 0.25) is 0 Å². The molecule has 0 amide bonds. The van der Waals surface area contributed by atoms with E-state index < -0.39 is 5.97 Å². The minimum atomic E-state index is -0.502. The Bertz CT molecular complexity index is 938. The van der Waals surface area contributed by atoms with Gasteiger partial charge < -0.3 is 9.47 Å². The first kappa shape index (κ1) is 17.2. The summed E-state index contributed by atoms with van der Waals surface area (Å²) in [4.78, 5) is 28.0. The van der Waals surface area contributed by atoms with Crippen LogP contribution in [0.15, 0.2) is 64.0 Å². The SMILES string of the molecule is O=C(Cn1c(=O)cnc2ccccc21)OCCOc1ccc(Br)cc1. The summed E-state index contributed by atoms with van der Waals surface area (Å²) in [6.45, 7) is 0.173. The van der Waals surface area contributed by atoms with Crippen LogP contribution < -0.4 is 10.3 Å². The van der Waals surface area contributed by atoms with Crippen molar-refractivity contribution >= 4 is 32.9 Å². The Morgan fingerprint density at radius 1 is 1.08 bits per heavy atom. The third-order valence-electron chi connectivity index (χ3n) is 3.47. The van der Waals surface area contributed by atoms with Gasteiger partial charge in [0.15, 0.2) is 0 Å². The first-order valence-corrected chi connectivity index (χ1v) is 8.41. The van der Waals surface area contributed by atoms with E-state index in [-0.39, 0.29) is 25.3 Å². The summed E-state index contributed by atoms with van der Waals surface area (Å²) in [7, 11) is 0. The van der Waals surface area contributed by atoms with Gasteiger partial charge in [0.1, 0.15) is 25.5 Å². The molecule has 0 saturated heterocycles. The van der Waals surface area contributed by atoms with Crippen LogP contribution in [0.25, 0.3) is 11.0 Å². The fourth-order valence-corrected chi connectivity index (χ4v) is 2.56. The molecule has 0 bridgehead atoms. The van der Waals surface area contributed by atoms with E-state index in [2.05, 4.69) is 20.9 Å². The maximum atomic E-state index is 12.0. The summed E-state index contributed by atoms with van der Waals surface area (Å²) >= 11 is 3.34. The molecule has 3 rings (SSSR count). The largest absolute Gasteiger partial charge is 0.490 e. The molecule has 1 heterocycles. The molecular formula is C18H15BrN2O4. The maximum Gasteiger partial charge on any atom is 0.326 e. The van der Waals surface area contributed by atoms with Crippen molar-refractivity contribution in [1.82, 2.24) is 9.55 Å². The summed E-state index contributed by atoms with van der Waals surface area (Å²) < 4.78 is 12.9. The number of hydrogen-bond donors (Lipinski definition) is 0. The molecular weight excluding hydrogens is 388 g/mol. The first-order chi connectivity index (χ1) is 12.1. The second-order valence-electron chi connectivity index (χ2n) is 5.19. The molecule has 0 fully saturated rings. The van der Waals surface area contributed by atoms with Crippen LogP contribution in [0.3, 0.4) is 0 Å². The maximum absolute atomic E-state index is 12.0. The predicted molar refractivity (Wildman–Crippen MR) is 96.6 cm³/mol. The van der Waals surface area contributed by atoms with Gasteiger partial charge in [-0.3, -0.25) is 14.2 Å². The molecule has 3 aromatic rings. The number of nitrogens with zero attached hydrogens (tertiary/aromatic N) is 2. The number of fused-ring (bicyclic) bond motifs is 1. The lowest BCUT2D eigenvalue weighted by Crippen LogP contribution is -2.26. The second kappa shape index (κ2) is 7.94. The normalized spacial score (nSPS) is 10.6. The highest BCUT2D eigenvalue weighted by Crippen LogP contribution is 2.15. The Hall–Kier alpha value is -2.67. The zero-order chi connectivity index (χ0) is 17.6. The van der Waals surface area contributed by atoms with Crippen LogP contribution in [0.1, 0.15) is 0 Å². The Morgan fingerprint density at radius 2 is 1.84 bits per heavy atom. The van der Waals surface area contributed by atoms with Crippen molar-refractivity contribution in [3.8, 4) is 5.75 Å². The Kier molecular flexibility index (Phi) is 5.45. The molecule has 0 radical (unpaired) electrons. The van der Waals surface area contributed by atoms with Gasteiger partial charge in [0.25, 0.3) is 5.56 Å². The zero-order valence-electron chi connectivity index (χ0n) is 13.2. The van der Waals surface area contributed by atoms with Crippen molar-refractivity contribution in [3.05, 3.63) is 69.6 Å². The third-order valence-corrected chi connectivity index (χ3v) is 4.00. The molecule has 0 unspecified atom stereocenters. The molecule has 0 N–H and O–H groups in total. The lowest BCUT2D eigenvalue weighted by molar-refractivity contribution is -0.145. The van der Waals surface area contributed by atoms with Gasteiger partial charge in [-0.05, 0) is 36.4 Å². The molecule has 0 spiro atoms. The molecule has 25 heavy (non-hydrogen) atoms. The molecule has 7 heteroatoms. The Balaban J connectivity index is 1.55. The van der Waals surface area contributed by atoms with Gasteiger partial charge >= 0.3 is 5.97 Å². The van der Waals surface area contributed by atoms with Crippen molar-refractivity contribution in [3.63, 3.8) is 0 Å². The molecule has 6 nitrogen and oxygen atoms in total. The van der Waals surface area contributed by atoms with Gasteiger partial charge in [-0.2, -0.15) is 0 Å². The van der Waals surface area contributed by atoms with E-state index in [1.807, 2.05) is 30.3 Å². The number of benzene rings is 2. The van der Waals surface area contributed by atoms with Gasteiger partial charge in [-0.1, -0.05) is 28.1 Å². The van der Waals surface area contributed by atoms with Crippen molar-refractivity contribution in [2.75, 3.05) is 13.2 Å². The molecule has 0 aliphatic rings. The van der Waals surface area contributed by atoms with Gasteiger partial charge in [-0.25, -0.2) is 4.98 Å². The molecule has 0 aliphatic carbocycles. The number of aromatic nitrogens is 2. The van der Waals surface area contributed by atoms with Crippen molar-refractivity contribution in [2.24, 2.45) is 0 Å². The number of rotatable bonds is 6. The summed E-state index contributed by atoms with van der Waals surface area (Å²) in [5.41, 5.74) is 0.897. The first-order valence-electron chi connectivity index (χ1n) is 7.62. The number of ether oxygens (including phenoxy) is 2. The molecule has 0 aliphatic heterocycles. The summed E-state index contributed by atoms with van der Waals surface area (Å²) in [6, 6.07) is 14.5. The van der Waals surface area contributed by atoms with Crippen molar-refractivity contribution < 1.29 is 14.3 Å². The van der Waals surface area contributed by atoms with E-state index >= 15 is 0 Å². The average Bonchev–Trinajstić information content (AvgIpc) is 2.63. The number of esters is 1. The molecule has 128 valence electrons. The minimum Gasteiger partial charge on any atom is -0.490 e. The van der Waals surface area contributed by atoms with Crippen LogP contribution in [0.4, 0.5) is 0 Å². The highest BCUT2D eigenvalue weighted by Gasteiger charge is 2.09. The fraction of sp³-hybridized carbons (Fsp3) is 0.167. The summed E-state index contributed by atoms with van der Waals surface area (Å²) in [5.74, 6) is 0.188. The zero-order valence-corrected chi connectivity index (χ0v) is 14.8. The highest BCUT2D eigenvalue weighted by molar-refractivity contribution is 9.10. The van der Waals surface area contributed by atoms with Crippen LogP contribution in [0.5, 0.6) is 5.75 Å². The van der Waals surface area contributed by atoms with Crippen LogP contribution in [-0.4, -0.2) is 28.7 Å². The van der Waals surface area contributed by atoms with E-state index in [0.717, 1.165) is 4.47 Å². The average molecular weight is 403 g/mol. The third kappa shape index (κ3) is 4.45. The van der Waals surface area contributed by atoms with Gasteiger partial charge in [-0.15, -0.1) is 0 Å². The number of carbonyl (C=O) groups is 1. The fourth-order valence-electron chi connectivity index (χ4n) is 2.30. The highest BCUT2D eigenvalue weighted by atomic mass is 79.9. The molecule has 0 atom stereocenters. The number of hydrogen-bond acceptors (Lipinski definition) is 5. The Morgan fingerprint density at radius 3 is 2.64 bits per heavy atom. The number of carbonyl (C=O) groups excluding carboxylic acids is 1. The monoisotopic (exact) mass is 402 g/mol. The van der Waals surface area contributed by atoms with Crippen LogP contribution in [0, 0.1) is 0 Å². The lowest BCUT2D eigenvalue weighted by Gasteiger charge is -2.10. The van der Waals surface area contributed by atoms with Crippen LogP contribution in [-0.2, 0) is 16.1 Å². The van der Waals surface area contributed by atoms with E-state index in [1.165, 1.54) is 10.8 Å². The van der Waals surface area contributed by atoms with E-state index in [4.69, 9.17) is 9.47 Å². The van der Waals surface area contributed by atoms with Crippen LogP contribution in [0.2, 0.25) is 0 Å². The lowest BCUT2D eigenvalue weighted by atomic mass is 10.3. The molecule has 2 aromatic carbocycles. The van der Waals surface area contributed by atoms with Crippen LogP contribution >= 0.6 is 15.9 Å². The predicted octanol–water partition coefficient (Wildman–Crippen LogP) is 2.78. The standard InChI is InChI=1S/C18H15BrN2O4/c19-13-5-7-14(8-6-13)24-9-10-25-18(23)12-21-16-4-2-1-3-15(16)20-11-17(21)22/h1-8,11H,9-10,12H2. The Labute approximate surface area is 152 Å². The topological polar surface area (TPSA) is 70.4 Å². The van der Waals surface area contributed by atoms with Gasteiger partial charge in [0.05, 0.1) is 17.2 Å². The molecule has 0 saturated carbocycles. The van der Waals surface area contributed by atoms with Crippen molar-refractivity contribution in [1.29, 1.82) is 0 Å². The molecule has 1 aromatic heterocycles. The van der Waals surface area contributed by atoms with E-state index in [0.29, 0.717) is 16.8 Å². The van der Waals surface area contributed by atoms with E-state index in [1.54, 1.807) is 18.2 Å². The second-order valence-corrected chi connectivity index (χ2v) is 6.11. The minimum absolute atomic E-state index is 0.104. The number of halogens is 1. The van der Waals surface area contributed by atoms with E-state index in [9.17, 15) is 9.59 Å². The van der Waals surface area contributed by atoms with Gasteiger partial charge in [0, 0.05) is 4.47 Å². The summed E-state index contributed by atoms with van der Waals surface area (Å²) in [6.07, 6.45) is 1.20. The smallest absolute Gasteiger partial charge is 0.326 e. The quantitative estimate of drug-likeness (QED) is 0.468. The summed E-state index contributed by atoms with van der Waals surface area (Å²) in [5, 5.41) is 0. The van der Waals surface area contributed by atoms with Crippen molar-refractivity contribution in [2.45, 2.75) is 6.54 Å². The number of para-hydroxylation sites is 2.